The fourth-order valence-corrected chi connectivity index (χ4v) is 3.99. The molecule has 0 spiro atoms. The summed E-state index contributed by atoms with van der Waals surface area (Å²) in [5.41, 5.74) is 7.28. The van der Waals surface area contributed by atoms with E-state index in [9.17, 15) is 14.4 Å². The van der Waals surface area contributed by atoms with Crippen LogP contribution in [0.5, 0.6) is 0 Å². The van der Waals surface area contributed by atoms with Crippen LogP contribution in [0.25, 0.3) is 0 Å². The summed E-state index contributed by atoms with van der Waals surface area (Å²) in [6.45, 7) is 0. The molecular weight excluding hydrogens is 384 g/mol. The van der Waals surface area contributed by atoms with E-state index in [2.05, 4.69) is 0 Å². The van der Waals surface area contributed by atoms with E-state index in [1.165, 1.54) is 4.57 Å². The number of Topliss-reactive ketones (excluding diaryl/α,β-unsaturated/α-hetero) is 2. The summed E-state index contributed by atoms with van der Waals surface area (Å²) in [5, 5.41) is 2.15. The lowest BCUT2D eigenvalue weighted by Gasteiger charge is -2.26. The fraction of sp³-hybridized carbons (Fsp3) is 0.0500. The molecule has 134 valence electrons. The maximum atomic E-state index is 13.2. The van der Waals surface area contributed by atoms with Crippen molar-refractivity contribution in [2.24, 2.45) is 5.73 Å². The first-order chi connectivity index (χ1) is 13.0. The average molecular weight is 397 g/mol. The number of nitrogens with two attached hydrogens (primary N) is 1. The van der Waals surface area contributed by atoms with Crippen LogP contribution in [0.4, 0.5) is 0 Å². The summed E-state index contributed by atoms with van der Waals surface area (Å²) in [7, 11) is 0. The van der Waals surface area contributed by atoms with Crippen molar-refractivity contribution < 1.29 is 9.59 Å². The highest BCUT2D eigenvalue weighted by atomic mass is 35.5. The lowest BCUT2D eigenvalue weighted by atomic mass is 9.82. The van der Waals surface area contributed by atoms with Crippen molar-refractivity contribution in [3.05, 3.63) is 103 Å². The quantitative estimate of drug-likeness (QED) is 0.735. The van der Waals surface area contributed by atoms with Crippen LogP contribution in [0.1, 0.15) is 32.3 Å². The second-order valence-corrected chi connectivity index (χ2v) is 7.35. The highest BCUT2D eigenvalue weighted by Gasteiger charge is 2.36. The Labute approximate surface area is 163 Å². The van der Waals surface area contributed by atoms with Crippen LogP contribution in [0.3, 0.4) is 0 Å². The zero-order valence-electron chi connectivity index (χ0n) is 13.9. The second kappa shape index (κ2) is 6.64. The molecule has 0 aliphatic heterocycles. The molecule has 1 aromatic heterocycles. The molecule has 0 saturated heterocycles. The van der Waals surface area contributed by atoms with Crippen LogP contribution in [-0.4, -0.2) is 16.1 Å². The van der Waals surface area contributed by atoms with Crippen LogP contribution >= 0.6 is 22.9 Å². The van der Waals surface area contributed by atoms with E-state index in [1.807, 2.05) is 0 Å². The maximum absolute atomic E-state index is 13.2. The Bertz CT molecular complexity index is 1160. The van der Waals surface area contributed by atoms with Crippen LogP contribution in [-0.2, 0) is 0 Å². The molecule has 0 fully saturated rings. The van der Waals surface area contributed by atoms with Gasteiger partial charge in [-0.05, 0) is 17.7 Å². The average Bonchev–Trinajstić information content (AvgIpc) is 3.10. The van der Waals surface area contributed by atoms with E-state index in [4.69, 9.17) is 17.3 Å². The number of benzene rings is 2. The molecule has 2 aromatic carbocycles. The summed E-state index contributed by atoms with van der Waals surface area (Å²) in [5.74, 6) is -0.775. The van der Waals surface area contributed by atoms with Gasteiger partial charge >= 0.3 is 4.87 Å². The molecule has 4 rings (SSSR count). The van der Waals surface area contributed by atoms with E-state index in [0.717, 1.165) is 11.3 Å². The topological polar surface area (TPSA) is 82.2 Å². The second-order valence-electron chi connectivity index (χ2n) is 6.06. The van der Waals surface area contributed by atoms with Gasteiger partial charge in [0.25, 0.3) is 0 Å². The Morgan fingerprint density at radius 3 is 2.15 bits per heavy atom. The van der Waals surface area contributed by atoms with Crippen molar-refractivity contribution >= 4 is 34.5 Å². The Hall–Kier alpha value is -2.96. The number of aromatic nitrogens is 1. The normalized spacial score (nSPS) is 15.0. The molecule has 7 heteroatoms. The molecule has 27 heavy (non-hydrogen) atoms. The molecule has 1 aliphatic carbocycles. The van der Waals surface area contributed by atoms with Crippen LogP contribution in [0.2, 0.25) is 5.02 Å². The number of fused-ring (bicyclic) bond motifs is 1. The molecule has 2 N–H and O–H groups in total. The Morgan fingerprint density at radius 2 is 1.56 bits per heavy atom. The number of hydrogen-bond donors (Lipinski definition) is 1. The van der Waals surface area contributed by atoms with Crippen molar-refractivity contribution in [2.75, 3.05) is 0 Å². The predicted molar refractivity (Wildman–Crippen MR) is 104 cm³/mol. The summed E-state index contributed by atoms with van der Waals surface area (Å²) >= 11 is 6.99. The summed E-state index contributed by atoms with van der Waals surface area (Å²) < 4.78 is 1.41. The largest absolute Gasteiger partial charge is 0.395 e. The number of thiazole rings is 1. The Balaban J connectivity index is 1.98. The smallest absolute Gasteiger partial charge is 0.307 e. The lowest BCUT2D eigenvalue weighted by molar-refractivity contribution is 0.0966. The van der Waals surface area contributed by atoms with Crippen molar-refractivity contribution in [3.8, 4) is 0 Å². The van der Waals surface area contributed by atoms with Crippen molar-refractivity contribution in [2.45, 2.75) is 6.04 Å². The standard InChI is InChI=1S/C20H13ClN2O3S/c21-12-7-5-11(6-8-12)17(23-9-10-27-20(23)26)15-16(22)19(25)14-4-2-1-3-13(14)18(15)24/h1-10,17H,22H2. The number of halogens is 1. The van der Waals surface area contributed by atoms with Gasteiger partial charge in [-0.2, -0.15) is 0 Å². The molecule has 1 atom stereocenters. The molecule has 0 radical (unpaired) electrons. The van der Waals surface area contributed by atoms with Gasteiger partial charge in [0.05, 0.1) is 17.3 Å². The SMILES string of the molecule is NC1=C(C(c2ccc(Cl)cc2)n2ccsc2=O)C(=O)c2ccccc2C1=O. The van der Waals surface area contributed by atoms with Crippen LogP contribution < -0.4 is 10.6 Å². The van der Waals surface area contributed by atoms with Gasteiger partial charge in [0.15, 0.2) is 5.78 Å². The number of nitrogens with zero attached hydrogens (tertiary/aromatic N) is 1. The first-order valence-corrected chi connectivity index (χ1v) is 9.34. The number of allylic oxidation sites excluding steroid dienone is 2. The molecule has 1 unspecified atom stereocenters. The van der Waals surface area contributed by atoms with Gasteiger partial charge in [-0.25, -0.2) is 0 Å². The molecule has 0 bridgehead atoms. The highest BCUT2D eigenvalue weighted by Crippen LogP contribution is 2.35. The third-order valence-electron chi connectivity index (χ3n) is 4.53. The number of carbonyl (C=O) groups is 2. The van der Waals surface area contributed by atoms with Crippen molar-refractivity contribution in [3.63, 3.8) is 0 Å². The number of hydrogen-bond acceptors (Lipinski definition) is 5. The van der Waals surface area contributed by atoms with E-state index < -0.39 is 11.8 Å². The summed E-state index contributed by atoms with van der Waals surface area (Å²) in [6, 6.07) is 12.5. The molecule has 0 amide bonds. The van der Waals surface area contributed by atoms with E-state index in [0.29, 0.717) is 10.6 Å². The number of rotatable bonds is 3. The zero-order chi connectivity index (χ0) is 19.1. The Kier molecular flexibility index (Phi) is 4.30. The van der Waals surface area contributed by atoms with Gasteiger partial charge in [-0.1, -0.05) is 59.3 Å². The zero-order valence-corrected chi connectivity index (χ0v) is 15.5. The summed E-state index contributed by atoms with van der Waals surface area (Å²) in [6.07, 6.45) is 1.59. The van der Waals surface area contributed by atoms with Gasteiger partial charge in [0, 0.05) is 27.7 Å². The van der Waals surface area contributed by atoms with E-state index in [-0.39, 0.29) is 33.1 Å². The summed E-state index contributed by atoms with van der Waals surface area (Å²) in [4.78, 5) is 38.1. The first kappa shape index (κ1) is 17.5. The minimum atomic E-state index is -0.814. The monoisotopic (exact) mass is 396 g/mol. The van der Waals surface area contributed by atoms with Gasteiger partial charge < -0.3 is 5.73 Å². The number of carbonyl (C=O) groups excluding carboxylic acids is 2. The van der Waals surface area contributed by atoms with Gasteiger partial charge in [-0.15, -0.1) is 0 Å². The Morgan fingerprint density at radius 1 is 0.926 bits per heavy atom. The van der Waals surface area contributed by atoms with Crippen molar-refractivity contribution in [1.29, 1.82) is 0 Å². The van der Waals surface area contributed by atoms with Crippen LogP contribution in [0.15, 0.2) is 76.2 Å². The maximum Gasteiger partial charge on any atom is 0.307 e. The van der Waals surface area contributed by atoms with E-state index in [1.54, 1.807) is 60.1 Å². The molecule has 1 heterocycles. The third kappa shape index (κ3) is 2.83. The number of ketones is 2. The molecule has 3 aromatic rings. The van der Waals surface area contributed by atoms with E-state index >= 15 is 0 Å². The first-order valence-electron chi connectivity index (χ1n) is 8.08. The molecule has 1 aliphatic rings. The van der Waals surface area contributed by atoms with Gasteiger partial charge in [0.2, 0.25) is 5.78 Å². The lowest BCUT2D eigenvalue weighted by Crippen LogP contribution is -2.33. The fourth-order valence-electron chi connectivity index (χ4n) is 3.26. The molecule has 0 saturated carbocycles. The minimum absolute atomic E-state index is 0.0986. The predicted octanol–water partition coefficient (Wildman–Crippen LogP) is 3.44. The third-order valence-corrected chi connectivity index (χ3v) is 5.46. The van der Waals surface area contributed by atoms with Crippen LogP contribution in [0, 0.1) is 0 Å². The van der Waals surface area contributed by atoms with Gasteiger partial charge in [0.1, 0.15) is 0 Å². The van der Waals surface area contributed by atoms with Gasteiger partial charge in [-0.3, -0.25) is 19.0 Å². The highest BCUT2D eigenvalue weighted by molar-refractivity contribution is 7.07. The van der Waals surface area contributed by atoms with Crippen molar-refractivity contribution in [1.82, 2.24) is 4.57 Å². The molecular formula is C20H13ClN2O3S. The minimum Gasteiger partial charge on any atom is -0.395 e. The molecule has 5 nitrogen and oxygen atoms in total.